The molecule has 1 N–H and O–H groups in total. The Morgan fingerprint density at radius 1 is 1.30 bits per heavy atom. The predicted octanol–water partition coefficient (Wildman–Crippen LogP) is 1.44. The fraction of sp³-hybridized carbons (Fsp3) is 0.308. The van der Waals surface area contributed by atoms with Gasteiger partial charge in [-0.15, -0.1) is 5.10 Å². The van der Waals surface area contributed by atoms with Crippen molar-refractivity contribution in [3.63, 3.8) is 0 Å². The number of ether oxygens (including phenoxy) is 2. The Hall–Kier alpha value is -2.57. The molecule has 0 unspecified atom stereocenters. The number of rotatable bonds is 2. The maximum Gasteiger partial charge on any atom is 0.358 e. The van der Waals surface area contributed by atoms with Gasteiger partial charge in [0.25, 0.3) is 0 Å². The van der Waals surface area contributed by atoms with E-state index < -0.39 is 5.97 Å². The van der Waals surface area contributed by atoms with Crippen LogP contribution >= 0.6 is 0 Å². The van der Waals surface area contributed by atoms with Crippen molar-refractivity contribution < 1.29 is 19.4 Å². The molecular weight excluding hydrogens is 262 g/mol. The van der Waals surface area contributed by atoms with Crippen molar-refractivity contribution in [2.75, 3.05) is 13.2 Å². The number of carboxylic acid groups (broad SMARTS) is 1. The van der Waals surface area contributed by atoms with Gasteiger partial charge in [0.1, 0.15) is 0 Å². The van der Waals surface area contributed by atoms with Crippen LogP contribution in [0, 0.1) is 6.92 Å². The maximum atomic E-state index is 11.0. The molecule has 7 heteroatoms. The molecule has 2 heterocycles. The monoisotopic (exact) mass is 275 g/mol. The van der Waals surface area contributed by atoms with Crippen LogP contribution in [0.15, 0.2) is 18.2 Å². The second kappa shape index (κ2) is 4.84. The number of aromatic nitrogens is 3. The quantitative estimate of drug-likeness (QED) is 0.892. The van der Waals surface area contributed by atoms with E-state index in [-0.39, 0.29) is 5.69 Å². The summed E-state index contributed by atoms with van der Waals surface area (Å²) in [6.45, 7) is 2.87. The minimum atomic E-state index is -1.09. The fourth-order valence-corrected chi connectivity index (χ4v) is 2.06. The van der Waals surface area contributed by atoms with E-state index in [9.17, 15) is 4.79 Å². The van der Waals surface area contributed by atoms with Gasteiger partial charge >= 0.3 is 5.97 Å². The average Bonchev–Trinajstić information content (AvgIpc) is 2.68. The minimum absolute atomic E-state index is 0.0582. The van der Waals surface area contributed by atoms with E-state index in [2.05, 4.69) is 10.3 Å². The van der Waals surface area contributed by atoms with Crippen molar-refractivity contribution in [1.29, 1.82) is 0 Å². The minimum Gasteiger partial charge on any atom is -0.490 e. The van der Waals surface area contributed by atoms with Crippen LogP contribution in [0.5, 0.6) is 11.5 Å². The number of benzene rings is 1. The molecule has 0 bridgehead atoms. The molecule has 0 amide bonds. The van der Waals surface area contributed by atoms with Gasteiger partial charge in [-0.2, -0.15) is 0 Å². The summed E-state index contributed by atoms with van der Waals surface area (Å²) in [4.78, 5) is 11.0. The normalized spacial score (nSPS) is 13.8. The van der Waals surface area contributed by atoms with Crippen LogP contribution in [0.25, 0.3) is 5.69 Å². The number of hydrogen-bond acceptors (Lipinski definition) is 5. The van der Waals surface area contributed by atoms with Crippen molar-refractivity contribution in [1.82, 2.24) is 15.0 Å². The summed E-state index contributed by atoms with van der Waals surface area (Å²) in [5.74, 6) is 0.220. The third-order valence-corrected chi connectivity index (χ3v) is 3.07. The molecule has 1 aromatic carbocycles. The molecule has 0 spiro atoms. The standard InChI is InChI=1S/C13H13N3O4/c1-8-12(13(17)18)14-15-16(8)9-3-4-10-11(7-9)20-6-2-5-19-10/h3-4,7H,2,5-6H2,1H3,(H,17,18). The molecule has 1 aliphatic heterocycles. The molecule has 0 aliphatic carbocycles. The fourth-order valence-electron chi connectivity index (χ4n) is 2.06. The number of carbonyl (C=O) groups is 1. The zero-order valence-electron chi connectivity index (χ0n) is 10.9. The van der Waals surface area contributed by atoms with Gasteiger partial charge in [0.15, 0.2) is 17.2 Å². The van der Waals surface area contributed by atoms with E-state index in [4.69, 9.17) is 14.6 Å². The van der Waals surface area contributed by atoms with Gasteiger partial charge in [-0.1, -0.05) is 5.21 Å². The molecule has 1 aliphatic rings. The van der Waals surface area contributed by atoms with Gasteiger partial charge in [-0.25, -0.2) is 9.48 Å². The summed E-state index contributed by atoms with van der Waals surface area (Å²) in [6.07, 6.45) is 0.829. The lowest BCUT2D eigenvalue weighted by Crippen LogP contribution is -2.03. The van der Waals surface area contributed by atoms with Crippen LogP contribution in [-0.2, 0) is 0 Å². The maximum absolute atomic E-state index is 11.0. The van der Waals surface area contributed by atoms with E-state index in [0.29, 0.717) is 36.1 Å². The van der Waals surface area contributed by atoms with Gasteiger partial charge in [0, 0.05) is 12.5 Å². The van der Waals surface area contributed by atoms with E-state index in [0.717, 1.165) is 6.42 Å². The number of hydrogen-bond donors (Lipinski definition) is 1. The summed E-state index contributed by atoms with van der Waals surface area (Å²) in [6, 6.07) is 5.35. The van der Waals surface area contributed by atoms with E-state index in [1.807, 2.05) is 0 Å². The van der Waals surface area contributed by atoms with Crippen LogP contribution < -0.4 is 9.47 Å². The Labute approximate surface area is 114 Å². The lowest BCUT2D eigenvalue weighted by Gasteiger charge is -2.09. The van der Waals surface area contributed by atoms with E-state index in [1.165, 1.54) is 4.68 Å². The summed E-state index contributed by atoms with van der Waals surface area (Å²) in [5, 5.41) is 16.5. The SMILES string of the molecule is Cc1c(C(=O)O)nnn1-c1ccc2c(c1)OCCCO2. The van der Waals surface area contributed by atoms with Gasteiger partial charge in [-0.3, -0.25) is 0 Å². The molecule has 0 fully saturated rings. The Bertz CT molecular complexity index is 666. The van der Waals surface area contributed by atoms with Crippen molar-refractivity contribution >= 4 is 5.97 Å². The molecule has 0 saturated heterocycles. The highest BCUT2D eigenvalue weighted by atomic mass is 16.5. The molecule has 0 radical (unpaired) electrons. The van der Waals surface area contributed by atoms with Crippen LogP contribution in [0.2, 0.25) is 0 Å². The molecule has 7 nitrogen and oxygen atoms in total. The molecule has 3 rings (SSSR count). The predicted molar refractivity (Wildman–Crippen MR) is 68.7 cm³/mol. The van der Waals surface area contributed by atoms with Crippen molar-refractivity contribution in [2.24, 2.45) is 0 Å². The molecule has 0 atom stereocenters. The van der Waals surface area contributed by atoms with Crippen LogP contribution in [0.4, 0.5) is 0 Å². The molecule has 1 aromatic heterocycles. The van der Waals surface area contributed by atoms with Gasteiger partial charge in [0.05, 0.1) is 24.6 Å². The smallest absolute Gasteiger partial charge is 0.358 e. The van der Waals surface area contributed by atoms with Crippen molar-refractivity contribution in [3.05, 3.63) is 29.6 Å². The molecule has 2 aromatic rings. The first-order valence-corrected chi connectivity index (χ1v) is 6.22. The third kappa shape index (κ3) is 2.07. The van der Waals surface area contributed by atoms with Gasteiger partial charge in [-0.05, 0) is 19.1 Å². The number of nitrogens with zero attached hydrogens (tertiary/aromatic N) is 3. The summed E-state index contributed by atoms with van der Waals surface area (Å²) in [7, 11) is 0. The second-order valence-corrected chi connectivity index (χ2v) is 4.42. The molecule has 20 heavy (non-hydrogen) atoms. The zero-order valence-corrected chi connectivity index (χ0v) is 10.9. The molecule has 0 saturated carbocycles. The Morgan fingerprint density at radius 2 is 2.05 bits per heavy atom. The first kappa shape index (κ1) is 12.5. The lowest BCUT2D eigenvalue weighted by molar-refractivity contribution is 0.0689. The van der Waals surface area contributed by atoms with Crippen molar-refractivity contribution in [3.8, 4) is 17.2 Å². The van der Waals surface area contributed by atoms with E-state index >= 15 is 0 Å². The number of fused-ring (bicyclic) bond motifs is 1. The van der Waals surface area contributed by atoms with Crippen LogP contribution in [-0.4, -0.2) is 39.3 Å². The molecular formula is C13H13N3O4. The second-order valence-electron chi connectivity index (χ2n) is 4.42. The zero-order chi connectivity index (χ0) is 14.1. The number of carboxylic acids is 1. The van der Waals surface area contributed by atoms with Gasteiger partial charge < -0.3 is 14.6 Å². The lowest BCUT2D eigenvalue weighted by atomic mass is 10.2. The topological polar surface area (TPSA) is 86.5 Å². The Kier molecular flexibility index (Phi) is 3.02. The Morgan fingerprint density at radius 3 is 2.75 bits per heavy atom. The summed E-state index contributed by atoms with van der Waals surface area (Å²) in [5.41, 5.74) is 1.09. The first-order valence-electron chi connectivity index (χ1n) is 6.22. The molecule has 104 valence electrons. The highest BCUT2D eigenvalue weighted by Crippen LogP contribution is 2.31. The summed E-state index contributed by atoms with van der Waals surface area (Å²) >= 11 is 0. The largest absolute Gasteiger partial charge is 0.490 e. The van der Waals surface area contributed by atoms with Crippen LogP contribution in [0.3, 0.4) is 0 Å². The van der Waals surface area contributed by atoms with Gasteiger partial charge in [0.2, 0.25) is 0 Å². The summed E-state index contributed by atoms with van der Waals surface area (Å²) < 4.78 is 12.6. The first-order chi connectivity index (χ1) is 9.66. The highest BCUT2D eigenvalue weighted by Gasteiger charge is 2.18. The third-order valence-electron chi connectivity index (χ3n) is 3.07. The van der Waals surface area contributed by atoms with Crippen molar-refractivity contribution in [2.45, 2.75) is 13.3 Å². The van der Waals surface area contributed by atoms with E-state index in [1.54, 1.807) is 25.1 Å². The highest BCUT2D eigenvalue weighted by molar-refractivity contribution is 5.86. The average molecular weight is 275 g/mol. The Balaban J connectivity index is 2.03. The number of aromatic carboxylic acids is 1. The van der Waals surface area contributed by atoms with Crippen LogP contribution in [0.1, 0.15) is 22.6 Å².